The minimum absolute atomic E-state index is 0.0675. The lowest BCUT2D eigenvalue weighted by Crippen LogP contribution is -2.23. The number of carbonyl (C=O) groups excluding carboxylic acids is 1. The van der Waals surface area contributed by atoms with Crippen LogP contribution in [0.3, 0.4) is 0 Å². The Morgan fingerprint density at radius 1 is 1.33 bits per heavy atom. The average molecular weight is 244 g/mol. The molecule has 0 aliphatic rings. The van der Waals surface area contributed by atoms with Gasteiger partial charge >= 0.3 is 0 Å². The zero-order valence-electron chi connectivity index (χ0n) is 10.5. The summed E-state index contributed by atoms with van der Waals surface area (Å²) in [7, 11) is 3.49. The lowest BCUT2D eigenvalue weighted by atomic mass is 10.0. The lowest BCUT2D eigenvalue weighted by Gasteiger charge is -2.11. The van der Waals surface area contributed by atoms with E-state index < -0.39 is 0 Å². The van der Waals surface area contributed by atoms with E-state index in [-0.39, 0.29) is 5.91 Å². The second kappa shape index (κ2) is 4.96. The van der Waals surface area contributed by atoms with Crippen LogP contribution in [0.1, 0.15) is 5.56 Å². The Hall–Kier alpha value is -2.23. The highest BCUT2D eigenvalue weighted by Crippen LogP contribution is 2.27. The summed E-state index contributed by atoms with van der Waals surface area (Å²) in [4.78, 5) is 13.2. The first-order valence-electron chi connectivity index (χ1n) is 5.69. The van der Waals surface area contributed by atoms with E-state index in [1.807, 2.05) is 24.3 Å². The fraction of sp³-hybridized carbons (Fsp3) is 0.214. The molecule has 4 heteroatoms. The zero-order valence-corrected chi connectivity index (χ0v) is 10.5. The number of furan rings is 1. The van der Waals surface area contributed by atoms with Gasteiger partial charge in [0.2, 0.25) is 5.91 Å². The Balaban J connectivity index is 2.30. The molecule has 0 aliphatic carbocycles. The molecule has 1 heterocycles. The third-order valence-corrected chi connectivity index (χ3v) is 2.80. The van der Waals surface area contributed by atoms with Crippen LogP contribution in [0.4, 0.5) is 5.69 Å². The molecule has 0 saturated heterocycles. The first kappa shape index (κ1) is 12.2. The van der Waals surface area contributed by atoms with Crippen molar-refractivity contribution >= 4 is 11.6 Å². The van der Waals surface area contributed by atoms with Gasteiger partial charge in [-0.1, -0.05) is 6.07 Å². The highest BCUT2D eigenvalue weighted by Gasteiger charge is 2.09. The molecule has 0 radical (unpaired) electrons. The van der Waals surface area contributed by atoms with Gasteiger partial charge in [0, 0.05) is 30.9 Å². The average Bonchev–Trinajstić information content (AvgIpc) is 2.85. The third kappa shape index (κ3) is 2.53. The van der Waals surface area contributed by atoms with Gasteiger partial charge in [-0.2, -0.15) is 0 Å². The van der Waals surface area contributed by atoms with E-state index in [9.17, 15) is 4.79 Å². The summed E-state index contributed by atoms with van der Waals surface area (Å²) < 4.78 is 5.05. The van der Waals surface area contributed by atoms with Crippen molar-refractivity contribution in [1.82, 2.24) is 4.90 Å². The van der Waals surface area contributed by atoms with Gasteiger partial charge in [-0.15, -0.1) is 0 Å². The van der Waals surface area contributed by atoms with Gasteiger partial charge < -0.3 is 15.1 Å². The number of nitrogen functional groups attached to an aromatic ring is 1. The molecule has 4 nitrogen and oxygen atoms in total. The molecule has 0 spiro atoms. The molecule has 2 N–H and O–H groups in total. The molecule has 94 valence electrons. The third-order valence-electron chi connectivity index (χ3n) is 2.80. The fourth-order valence-corrected chi connectivity index (χ4v) is 1.71. The minimum Gasteiger partial charge on any atom is -0.472 e. The summed E-state index contributed by atoms with van der Waals surface area (Å²) in [6, 6.07) is 7.48. The Morgan fingerprint density at radius 2 is 2.11 bits per heavy atom. The molecule has 0 atom stereocenters. The molecule has 1 amide bonds. The van der Waals surface area contributed by atoms with Gasteiger partial charge in [-0.25, -0.2) is 0 Å². The van der Waals surface area contributed by atoms with E-state index in [0.717, 1.165) is 16.7 Å². The molecule has 0 bridgehead atoms. The minimum atomic E-state index is 0.0675. The number of likely N-dealkylation sites (N-methyl/N-ethyl adjacent to an activating group) is 1. The standard InChI is InChI=1S/C14H16N2O2/c1-16(2)14(17)8-10-3-4-13(15)12(7-10)11-5-6-18-9-11/h3-7,9H,8,15H2,1-2H3. The number of nitrogens with zero attached hydrogens (tertiary/aromatic N) is 1. The van der Waals surface area contributed by atoms with E-state index in [4.69, 9.17) is 10.2 Å². The van der Waals surface area contributed by atoms with Crippen molar-refractivity contribution in [3.8, 4) is 11.1 Å². The Morgan fingerprint density at radius 3 is 2.72 bits per heavy atom. The number of nitrogens with two attached hydrogens (primary N) is 1. The Bertz CT molecular complexity index is 545. The summed E-state index contributed by atoms with van der Waals surface area (Å²) in [6.45, 7) is 0. The topological polar surface area (TPSA) is 59.5 Å². The van der Waals surface area contributed by atoms with Gasteiger partial charge in [0.1, 0.15) is 0 Å². The van der Waals surface area contributed by atoms with Crippen LogP contribution in [0.15, 0.2) is 41.2 Å². The maximum atomic E-state index is 11.7. The number of rotatable bonds is 3. The molecule has 0 fully saturated rings. The van der Waals surface area contributed by atoms with Crippen molar-refractivity contribution < 1.29 is 9.21 Å². The van der Waals surface area contributed by atoms with Crippen LogP contribution in [0.5, 0.6) is 0 Å². The van der Waals surface area contributed by atoms with E-state index in [2.05, 4.69) is 0 Å². The molecule has 0 aliphatic heterocycles. The monoisotopic (exact) mass is 244 g/mol. The van der Waals surface area contributed by atoms with Crippen LogP contribution in [0.25, 0.3) is 11.1 Å². The second-order valence-electron chi connectivity index (χ2n) is 4.40. The van der Waals surface area contributed by atoms with Gasteiger partial charge in [-0.3, -0.25) is 4.79 Å². The number of anilines is 1. The molecule has 0 unspecified atom stereocenters. The van der Waals surface area contributed by atoms with Crippen LogP contribution in [-0.4, -0.2) is 24.9 Å². The molecule has 2 rings (SSSR count). The normalized spacial score (nSPS) is 10.3. The molecule has 1 aromatic carbocycles. The molecular weight excluding hydrogens is 228 g/mol. The van der Waals surface area contributed by atoms with Crippen molar-refractivity contribution in [2.75, 3.05) is 19.8 Å². The molecular formula is C14H16N2O2. The Labute approximate surface area is 106 Å². The number of amides is 1. The van der Waals surface area contributed by atoms with Crippen molar-refractivity contribution in [2.45, 2.75) is 6.42 Å². The maximum absolute atomic E-state index is 11.7. The number of hydrogen-bond donors (Lipinski definition) is 1. The van der Waals surface area contributed by atoms with Gasteiger partial charge in [0.25, 0.3) is 0 Å². The van der Waals surface area contributed by atoms with Crippen LogP contribution < -0.4 is 5.73 Å². The van der Waals surface area contributed by atoms with Crippen molar-refractivity contribution in [1.29, 1.82) is 0 Å². The predicted molar refractivity (Wildman–Crippen MR) is 71.0 cm³/mol. The van der Waals surface area contributed by atoms with Crippen LogP contribution in [0, 0.1) is 0 Å². The summed E-state index contributed by atoms with van der Waals surface area (Å²) in [6.07, 6.45) is 3.62. The molecule has 18 heavy (non-hydrogen) atoms. The lowest BCUT2D eigenvalue weighted by molar-refractivity contribution is -0.127. The summed E-state index contributed by atoms with van der Waals surface area (Å²) in [5.74, 6) is 0.0675. The van der Waals surface area contributed by atoms with Gasteiger partial charge in [0.15, 0.2) is 0 Å². The quantitative estimate of drug-likeness (QED) is 0.842. The van der Waals surface area contributed by atoms with Crippen LogP contribution in [-0.2, 0) is 11.2 Å². The Kier molecular flexibility index (Phi) is 3.37. The van der Waals surface area contributed by atoms with Crippen LogP contribution >= 0.6 is 0 Å². The second-order valence-corrected chi connectivity index (χ2v) is 4.40. The summed E-state index contributed by atoms with van der Waals surface area (Å²) in [5, 5.41) is 0. The molecule has 2 aromatic rings. The van der Waals surface area contributed by atoms with E-state index in [0.29, 0.717) is 12.1 Å². The fourth-order valence-electron chi connectivity index (χ4n) is 1.71. The van der Waals surface area contributed by atoms with E-state index in [1.165, 1.54) is 0 Å². The van der Waals surface area contributed by atoms with E-state index in [1.54, 1.807) is 31.5 Å². The maximum Gasteiger partial charge on any atom is 0.226 e. The molecule has 1 aromatic heterocycles. The zero-order chi connectivity index (χ0) is 13.1. The molecule has 0 saturated carbocycles. The largest absolute Gasteiger partial charge is 0.472 e. The van der Waals surface area contributed by atoms with Gasteiger partial charge in [-0.05, 0) is 23.8 Å². The first-order chi connectivity index (χ1) is 8.58. The van der Waals surface area contributed by atoms with E-state index >= 15 is 0 Å². The van der Waals surface area contributed by atoms with Crippen molar-refractivity contribution in [3.63, 3.8) is 0 Å². The number of hydrogen-bond acceptors (Lipinski definition) is 3. The van der Waals surface area contributed by atoms with Gasteiger partial charge in [0.05, 0.1) is 18.9 Å². The highest BCUT2D eigenvalue weighted by molar-refractivity contribution is 5.81. The van der Waals surface area contributed by atoms with Crippen LogP contribution in [0.2, 0.25) is 0 Å². The first-order valence-corrected chi connectivity index (χ1v) is 5.69. The smallest absolute Gasteiger partial charge is 0.226 e. The highest BCUT2D eigenvalue weighted by atomic mass is 16.3. The van der Waals surface area contributed by atoms with Crippen molar-refractivity contribution in [3.05, 3.63) is 42.4 Å². The number of carbonyl (C=O) groups is 1. The SMILES string of the molecule is CN(C)C(=O)Cc1ccc(N)c(-c2ccoc2)c1. The van der Waals surface area contributed by atoms with Crippen molar-refractivity contribution in [2.24, 2.45) is 0 Å². The summed E-state index contributed by atoms with van der Waals surface area (Å²) >= 11 is 0. The number of benzene rings is 1. The predicted octanol–water partition coefficient (Wildman–Crippen LogP) is 2.16. The summed E-state index contributed by atoms with van der Waals surface area (Å²) in [5.41, 5.74) is 9.37.